The number of methoxy groups -OCH3 is 1. The monoisotopic (exact) mass is 313 g/mol. The van der Waals surface area contributed by atoms with Crippen LogP contribution in [0, 0.1) is 11.8 Å². The minimum Gasteiger partial charge on any atom is -0.496 e. The van der Waals surface area contributed by atoms with Crippen LogP contribution in [0.3, 0.4) is 0 Å². The van der Waals surface area contributed by atoms with E-state index in [0.29, 0.717) is 18.1 Å². The summed E-state index contributed by atoms with van der Waals surface area (Å²) in [6.45, 7) is 0.324. The number of hydrogen-bond donors (Lipinski definition) is 1. The Hall–Kier alpha value is -1.16. The van der Waals surface area contributed by atoms with Crippen LogP contribution in [-0.4, -0.2) is 39.8 Å². The molecule has 0 saturated heterocycles. The Labute approximate surface area is 125 Å². The summed E-state index contributed by atoms with van der Waals surface area (Å²) in [7, 11) is -1.29. The average molecular weight is 313 g/mol. The average Bonchev–Trinajstić information content (AvgIpc) is 2.40. The first-order valence-electron chi connectivity index (χ1n) is 6.07. The van der Waals surface area contributed by atoms with Crippen molar-refractivity contribution >= 4 is 21.6 Å². The van der Waals surface area contributed by atoms with Gasteiger partial charge in [-0.05, 0) is 18.2 Å². The molecular weight excluding hydrogens is 294 g/mol. The summed E-state index contributed by atoms with van der Waals surface area (Å²) >= 11 is 1.56. The summed E-state index contributed by atoms with van der Waals surface area (Å²) in [5.74, 6) is 8.02. The fourth-order valence-corrected chi connectivity index (χ4v) is 3.79. The van der Waals surface area contributed by atoms with Gasteiger partial charge in [0.15, 0.2) is 0 Å². The Balaban J connectivity index is 2.71. The number of rotatable bonds is 6. The van der Waals surface area contributed by atoms with E-state index < -0.39 is 9.84 Å². The van der Waals surface area contributed by atoms with Crippen LogP contribution in [0.5, 0.6) is 5.75 Å². The van der Waals surface area contributed by atoms with Crippen LogP contribution in [0.25, 0.3) is 0 Å². The van der Waals surface area contributed by atoms with Crippen molar-refractivity contribution in [2.75, 3.05) is 31.4 Å². The van der Waals surface area contributed by atoms with E-state index in [4.69, 9.17) is 10.5 Å². The van der Waals surface area contributed by atoms with Crippen molar-refractivity contribution in [2.45, 2.75) is 5.75 Å². The Kier molecular flexibility index (Phi) is 6.93. The minimum atomic E-state index is -2.90. The highest BCUT2D eigenvalue weighted by molar-refractivity contribution is 7.99. The van der Waals surface area contributed by atoms with Crippen molar-refractivity contribution in [3.8, 4) is 17.6 Å². The molecule has 1 aromatic rings. The van der Waals surface area contributed by atoms with Gasteiger partial charge in [-0.3, -0.25) is 0 Å². The molecule has 0 aliphatic carbocycles. The Bertz CT molecular complexity index is 601. The van der Waals surface area contributed by atoms with Gasteiger partial charge in [0.2, 0.25) is 0 Å². The van der Waals surface area contributed by atoms with E-state index >= 15 is 0 Å². The van der Waals surface area contributed by atoms with Crippen molar-refractivity contribution < 1.29 is 13.2 Å². The lowest BCUT2D eigenvalue weighted by atomic mass is 10.1. The molecule has 4 nitrogen and oxygen atoms in total. The number of nitrogens with two attached hydrogens (primary N) is 1. The second kappa shape index (κ2) is 8.20. The maximum Gasteiger partial charge on any atom is 0.148 e. The third kappa shape index (κ3) is 6.33. The maximum atomic E-state index is 11.1. The van der Waals surface area contributed by atoms with Crippen LogP contribution in [-0.2, 0) is 15.6 Å². The van der Waals surface area contributed by atoms with E-state index in [1.165, 1.54) is 6.26 Å². The third-order valence-electron chi connectivity index (χ3n) is 2.47. The highest BCUT2D eigenvalue weighted by Crippen LogP contribution is 2.24. The van der Waals surface area contributed by atoms with Crippen LogP contribution < -0.4 is 10.5 Å². The van der Waals surface area contributed by atoms with Crippen molar-refractivity contribution in [3.63, 3.8) is 0 Å². The van der Waals surface area contributed by atoms with Gasteiger partial charge in [0, 0.05) is 28.9 Å². The molecule has 110 valence electrons. The summed E-state index contributed by atoms with van der Waals surface area (Å²) in [4.78, 5) is 0. The van der Waals surface area contributed by atoms with Gasteiger partial charge in [-0.25, -0.2) is 8.42 Å². The number of ether oxygens (including phenoxy) is 1. The molecule has 6 heteroatoms. The van der Waals surface area contributed by atoms with E-state index in [1.807, 2.05) is 18.2 Å². The summed E-state index contributed by atoms with van der Waals surface area (Å²) in [6.07, 6.45) is 1.25. The first kappa shape index (κ1) is 16.9. The van der Waals surface area contributed by atoms with Crippen LogP contribution in [0.15, 0.2) is 18.2 Å². The lowest BCUT2D eigenvalue weighted by Gasteiger charge is -2.08. The van der Waals surface area contributed by atoms with Gasteiger partial charge in [0.1, 0.15) is 15.6 Å². The van der Waals surface area contributed by atoms with Crippen molar-refractivity contribution in [2.24, 2.45) is 5.73 Å². The molecular formula is C14H19NO3S2. The van der Waals surface area contributed by atoms with E-state index in [0.717, 1.165) is 16.9 Å². The highest BCUT2D eigenvalue weighted by Gasteiger charge is 2.06. The molecule has 1 aromatic carbocycles. The van der Waals surface area contributed by atoms with Gasteiger partial charge in [-0.15, -0.1) is 0 Å². The summed E-state index contributed by atoms with van der Waals surface area (Å²) in [5, 5.41) is 0. The van der Waals surface area contributed by atoms with Gasteiger partial charge in [0.05, 0.1) is 19.4 Å². The topological polar surface area (TPSA) is 69.4 Å². The Morgan fingerprint density at radius 1 is 1.40 bits per heavy atom. The molecule has 0 unspecified atom stereocenters. The zero-order valence-electron chi connectivity index (χ0n) is 11.7. The van der Waals surface area contributed by atoms with Crippen molar-refractivity contribution in [1.29, 1.82) is 0 Å². The zero-order chi connectivity index (χ0) is 15.0. The van der Waals surface area contributed by atoms with E-state index in [1.54, 1.807) is 18.9 Å². The Morgan fingerprint density at radius 3 is 2.75 bits per heavy atom. The second-order valence-corrected chi connectivity index (χ2v) is 7.58. The predicted molar refractivity (Wildman–Crippen MR) is 84.8 cm³/mol. The molecule has 0 aliphatic rings. The lowest BCUT2D eigenvalue weighted by molar-refractivity contribution is 0.411. The molecule has 20 heavy (non-hydrogen) atoms. The first-order valence-corrected chi connectivity index (χ1v) is 9.29. The van der Waals surface area contributed by atoms with Crippen LogP contribution >= 0.6 is 11.8 Å². The summed E-state index contributed by atoms with van der Waals surface area (Å²) in [6, 6.07) is 5.70. The molecule has 0 aliphatic heterocycles. The molecule has 1 rings (SSSR count). The third-order valence-corrected chi connectivity index (χ3v) is 4.68. The summed E-state index contributed by atoms with van der Waals surface area (Å²) in [5.41, 5.74) is 7.24. The number of sulfone groups is 1. The molecule has 0 amide bonds. The SMILES string of the molecule is COc1ccc(C#CCN)cc1CSCCS(C)(=O)=O. The van der Waals surface area contributed by atoms with Gasteiger partial charge in [-0.2, -0.15) is 11.8 Å². The number of thioether (sulfide) groups is 1. The molecule has 0 bridgehead atoms. The minimum absolute atomic E-state index is 0.187. The Morgan fingerprint density at radius 2 is 2.15 bits per heavy atom. The van der Waals surface area contributed by atoms with Crippen LogP contribution in [0.4, 0.5) is 0 Å². The van der Waals surface area contributed by atoms with E-state index in [9.17, 15) is 8.42 Å². The fourth-order valence-electron chi connectivity index (χ4n) is 1.51. The number of hydrogen-bond acceptors (Lipinski definition) is 5. The maximum absolute atomic E-state index is 11.1. The second-order valence-electron chi connectivity index (χ2n) is 4.21. The van der Waals surface area contributed by atoms with Crippen molar-refractivity contribution in [1.82, 2.24) is 0 Å². The van der Waals surface area contributed by atoms with Gasteiger partial charge in [0.25, 0.3) is 0 Å². The number of benzene rings is 1. The van der Waals surface area contributed by atoms with Crippen molar-refractivity contribution in [3.05, 3.63) is 29.3 Å². The molecule has 0 spiro atoms. The van der Waals surface area contributed by atoms with Gasteiger partial charge >= 0.3 is 0 Å². The summed E-state index contributed by atoms with van der Waals surface area (Å²) < 4.78 is 27.4. The highest BCUT2D eigenvalue weighted by atomic mass is 32.2. The molecule has 0 saturated carbocycles. The molecule has 2 N–H and O–H groups in total. The van der Waals surface area contributed by atoms with Gasteiger partial charge in [-0.1, -0.05) is 11.8 Å². The van der Waals surface area contributed by atoms with Gasteiger partial charge < -0.3 is 10.5 Å². The van der Waals surface area contributed by atoms with Crippen LogP contribution in [0.1, 0.15) is 11.1 Å². The standard InChI is InChI=1S/C14H19NO3S2/c1-18-14-6-5-12(4-3-7-15)10-13(14)11-19-8-9-20(2,16)17/h5-6,10H,7-9,11,15H2,1-2H3. The van der Waals surface area contributed by atoms with E-state index in [-0.39, 0.29) is 5.75 Å². The largest absolute Gasteiger partial charge is 0.496 e. The molecule has 0 fully saturated rings. The van der Waals surface area contributed by atoms with E-state index in [2.05, 4.69) is 11.8 Å². The normalized spacial score (nSPS) is 10.8. The molecule has 0 atom stereocenters. The van der Waals surface area contributed by atoms with Crippen LogP contribution in [0.2, 0.25) is 0 Å². The fraction of sp³-hybridized carbons (Fsp3) is 0.429. The first-order chi connectivity index (χ1) is 9.46. The molecule has 0 radical (unpaired) electrons. The smallest absolute Gasteiger partial charge is 0.148 e. The molecule has 0 heterocycles. The lowest BCUT2D eigenvalue weighted by Crippen LogP contribution is -2.05. The zero-order valence-corrected chi connectivity index (χ0v) is 13.3. The molecule has 0 aromatic heterocycles. The quantitative estimate of drug-likeness (QED) is 0.633. The predicted octanol–water partition coefficient (Wildman–Crippen LogP) is 1.28.